The number of carbonyl (C=O) groups excluding carboxylic acids is 3. The van der Waals surface area contributed by atoms with Crippen molar-refractivity contribution < 1.29 is 14.4 Å². The van der Waals surface area contributed by atoms with Gasteiger partial charge in [-0.2, -0.15) is 5.01 Å². The van der Waals surface area contributed by atoms with Crippen molar-refractivity contribution in [2.45, 2.75) is 13.8 Å². The SMILES string of the molecule is CC(=O)NN1C(=O)C=C(C)C1=O. The minimum Gasteiger partial charge on any atom is -0.274 e. The number of imide groups is 1. The van der Waals surface area contributed by atoms with Crippen LogP contribution in [0.5, 0.6) is 0 Å². The highest BCUT2D eigenvalue weighted by molar-refractivity contribution is 6.16. The molecule has 0 fully saturated rings. The van der Waals surface area contributed by atoms with Gasteiger partial charge in [-0.1, -0.05) is 0 Å². The molecule has 0 bridgehead atoms. The van der Waals surface area contributed by atoms with Gasteiger partial charge in [0.15, 0.2) is 0 Å². The van der Waals surface area contributed by atoms with E-state index >= 15 is 0 Å². The van der Waals surface area contributed by atoms with Crippen molar-refractivity contribution in [2.75, 3.05) is 0 Å². The predicted octanol–water partition coefficient (Wildman–Crippen LogP) is -0.647. The second kappa shape index (κ2) is 2.77. The first-order valence-corrected chi connectivity index (χ1v) is 3.36. The van der Waals surface area contributed by atoms with E-state index < -0.39 is 17.7 Å². The van der Waals surface area contributed by atoms with Gasteiger partial charge in [-0.3, -0.25) is 19.8 Å². The third-order valence-electron chi connectivity index (χ3n) is 1.37. The molecule has 12 heavy (non-hydrogen) atoms. The van der Waals surface area contributed by atoms with Crippen LogP contribution in [0.25, 0.3) is 0 Å². The van der Waals surface area contributed by atoms with Crippen molar-refractivity contribution in [3.8, 4) is 0 Å². The Morgan fingerprint density at radius 2 is 2.08 bits per heavy atom. The molecule has 3 amide bonds. The molecule has 0 unspecified atom stereocenters. The molecule has 0 spiro atoms. The summed E-state index contributed by atoms with van der Waals surface area (Å²) >= 11 is 0. The second-order valence-corrected chi connectivity index (χ2v) is 2.47. The highest BCUT2D eigenvalue weighted by atomic mass is 16.2. The van der Waals surface area contributed by atoms with E-state index in [0.717, 1.165) is 0 Å². The van der Waals surface area contributed by atoms with Crippen molar-refractivity contribution >= 4 is 17.7 Å². The van der Waals surface area contributed by atoms with Crippen LogP contribution in [0.15, 0.2) is 11.6 Å². The molecule has 1 rings (SSSR count). The molecule has 0 aromatic carbocycles. The van der Waals surface area contributed by atoms with Crippen molar-refractivity contribution in [3.63, 3.8) is 0 Å². The van der Waals surface area contributed by atoms with Crippen molar-refractivity contribution in [3.05, 3.63) is 11.6 Å². The maximum Gasteiger partial charge on any atom is 0.275 e. The molecule has 0 aliphatic carbocycles. The molecular weight excluding hydrogens is 160 g/mol. The first-order chi connectivity index (χ1) is 5.52. The van der Waals surface area contributed by atoms with Gasteiger partial charge in [-0.05, 0) is 6.92 Å². The van der Waals surface area contributed by atoms with Gasteiger partial charge in [0.05, 0.1) is 0 Å². The van der Waals surface area contributed by atoms with Gasteiger partial charge in [0.25, 0.3) is 11.8 Å². The molecular formula is C7H8N2O3. The first kappa shape index (κ1) is 8.45. The van der Waals surface area contributed by atoms with E-state index in [1.807, 2.05) is 0 Å². The zero-order chi connectivity index (χ0) is 9.30. The number of amides is 3. The summed E-state index contributed by atoms with van der Waals surface area (Å²) in [5.74, 6) is -1.43. The number of nitrogens with one attached hydrogen (secondary N) is 1. The summed E-state index contributed by atoms with van der Waals surface area (Å²) in [7, 11) is 0. The zero-order valence-corrected chi connectivity index (χ0v) is 6.75. The lowest BCUT2D eigenvalue weighted by Crippen LogP contribution is -2.45. The molecule has 0 radical (unpaired) electrons. The van der Waals surface area contributed by atoms with Gasteiger partial charge in [-0.15, -0.1) is 0 Å². The fourth-order valence-electron chi connectivity index (χ4n) is 0.851. The molecule has 1 aliphatic rings. The molecule has 0 atom stereocenters. The smallest absolute Gasteiger partial charge is 0.274 e. The number of carbonyl (C=O) groups is 3. The fraction of sp³-hybridized carbons (Fsp3) is 0.286. The third kappa shape index (κ3) is 1.34. The largest absolute Gasteiger partial charge is 0.275 e. The Morgan fingerprint density at radius 1 is 1.50 bits per heavy atom. The van der Waals surface area contributed by atoms with Crippen molar-refractivity contribution in [2.24, 2.45) is 0 Å². The highest BCUT2D eigenvalue weighted by Gasteiger charge is 2.28. The fourth-order valence-corrected chi connectivity index (χ4v) is 0.851. The van der Waals surface area contributed by atoms with Crippen LogP contribution in [-0.2, 0) is 14.4 Å². The molecule has 1 N–H and O–H groups in total. The Balaban J connectivity index is 2.77. The van der Waals surface area contributed by atoms with Gasteiger partial charge in [-0.25, -0.2) is 0 Å². The Kier molecular flexibility index (Phi) is 1.95. The van der Waals surface area contributed by atoms with Crippen LogP contribution < -0.4 is 5.43 Å². The summed E-state index contributed by atoms with van der Waals surface area (Å²) in [5, 5.41) is 0.692. The summed E-state index contributed by atoms with van der Waals surface area (Å²) in [6, 6.07) is 0. The maximum absolute atomic E-state index is 11.1. The average Bonchev–Trinajstić information content (AvgIpc) is 2.16. The lowest BCUT2D eigenvalue weighted by molar-refractivity contribution is -0.146. The van der Waals surface area contributed by atoms with Gasteiger partial charge in [0.1, 0.15) is 0 Å². The molecule has 0 aromatic rings. The normalized spacial score (nSPS) is 16.5. The van der Waals surface area contributed by atoms with Gasteiger partial charge in [0.2, 0.25) is 5.91 Å². The van der Waals surface area contributed by atoms with E-state index in [9.17, 15) is 14.4 Å². The van der Waals surface area contributed by atoms with Crippen LogP contribution >= 0.6 is 0 Å². The summed E-state index contributed by atoms with van der Waals surface area (Å²) in [6.45, 7) is 2.75. The Morgan fingerprint density at radius 3 is 2.42 bits per heavy atom. The van der Waals surface area contributed by atoms with Crippen molar-refractivity contribution in [1.82, 2.24) is 10.4 Å². The average molecular weight is 168 g/mol. The predicted molar refractivity (Wildman–Crippen MR) is 39.4 cm³/mol. The minimum atomic E-state index is -0.507. The van der Waals surface area contributed by atoms with Gasteiger partial charge in [0, 0.05) is 18.6 Å². The number of hydrogen-bond donors (Lipinski definition) is 1. The van der Waals surface area contributed by atoms with Crippen LogP contribution in [0.2, 0.25) is 0 Å². The first-order valence-electron chi connectivity index (χ1n) is 3.36. The van der Waals surface area contributed by atoms with Crippen molar-refractivity contribution in [1.29, 1.82) is 0 Å². The molecule has 64 valence electrons. The molecule has 5 heteroatoms. The second-order valence-electron chi connectivity index (χ2n) is 2.47. The van der Waals surface area contributed by atoms with E-state index in [4.69, 9.17) is 0 Å². The molecule has 0 saturated heterocycles. The van der Waals surface area contributed by atoms with E-state index in [0.29, 0.717) is 10.6 Å². The van der Waals surface area contributed by atoms with Crippen LogP contribution in [0, 0.1) is 0 Å². The van der Waals surface area contributed by atoms with E-state index in [-0.39, 0.29) is 0 Å². The Labute approximate surface area is 69.0 Å². The van der Waals surface area contributed by atoms with Crippen LogP contribution in [0.3, 0.4) is 0 Å². The molecule has 1 heterocycles. The van der Waals surface area contributed by atoms with E-state index in [1.165, 1.54) is 19.9 Å². The van der Waals surface area contributed by atoms with E-state index in [1.54, 1.807) is 0 Å². The number of rotatable bonds is 1. The quantitative estimate of drug-likeness (QED) is 0.529. The molecule has 0 aromatic heterocycles. The minimum absolute atomic E-state index is 0.328. The Hall–Kier alpha value is -1.65. The van der Waals surface area contributed by atoms with Crippen LogP contribution in [-0.4, -0.2) is 22.7 Å². The van der Waals surface area contributed by atoms with Crippen LogP contribution in [0.1, 0.15) is 13.8 Å². The number of hydrazine groups is 1. The lowest BCUT2D eigenvalue weighted by atomic mass is 10.3. The summed E-state index contributed by atoms with van der Waals surface area (Å²) in [4.78, 5) is 32.5. The van der Waals surface area contributed by atoms with Crippen LogP contribution in [0.4, 0.5) is 0 Å². The third-order valence-corrected chi connectivity index (χ3v) is 1.37. The number of hydrogen-bond acceptors (Lipinski definition) is 3. The molecule has 1 aliphatic heterocycles. The highest BCUT2D eigenvalue weighted by Crippen LogP contribution is 2.08. The summed E-state index contributed by atoms with van der Waals surface area (Å²) in [6.07, 6.45) is 1.18. The maximum atomic E-state index is 11.1. The Bertz CT molecular complexity index is 293. The molecule has 0 saturated carbocycles. The summed E-state index contributed by atoms with van der Waals surface area (Å²) in [5.41, 5.74) is 2.44. The topological polar surface area (TPSA) is 66.5 Å². The number of nitrogens with zero attached hydrogens (tertiary/aromatic N) is 1. The summed E-state index contributed by atoms with van der Waals surface area (Å²) < 4.78 is 0. The monoisotopic (exact) mass is 168 g/mol. The van der Waals surface area contributed by atoms with Gasteiger partial charge < -0.3 is 0 Å². The van der Waals surface area contributed by atoms with Gasteiger partial charge >= 0.3 is 0 Å². The standard InChI is InChI=1S/C7H8N2O3/c1-4-3-6(11)9(7(4)12)8-5(2)10/h3H,1-2H3,(H,8,10). The van der Waals surface area contributed by atoms with E-state index in [2.05, 4.69) is 5.43 Å². The lowest BCUT2D eigenvalue weighted by Gasteiger charge is -2.13. The molecule has 5 nitrogen and oxygen atoms in total. The zero-order valence-electron chi connectivity index (χ0n) is 6.75.